The molecule has 3 nitrogen and oxygen atoms in total. The van der Waals surface area contributed by atoms with Crippen LogP contribution in [-0.2, 0) is 0 Å². The normalized spacial score (nSPS) is 12.4. The second kappa shape index (κ2) is 5.20. The summed E-state index contributed by atoms with van der Waals surface area (Å²) in [5, 5.41) is 0. The predicted octanol–water partition coefficient (Wildman–Crippen LogP) is 2.22. The van der Waals surface area contributed by atoms with Crippen LogP contribution in [0.25, 0.3) is 0 Å². The highest BCUT2D eigenvalue weighted by Gasteiger charge is 2.18. The molecule has 0 aliphatic carbocycles. The zero-order chi connectivity index (χ0) is 13.1. The van der Waals surface area contributed by atoms with Gasteiger partial charge >= 0.3 is 0 Å². The number of nitrogens with two attached hydrogens (primary N) is 1. The molecular formula is C13H13F2N3. The Morgan fingerprint density at radius 3 is 2.61 bits per heavy atom. The molecule has 18 heavy (non-hydrogen) atoms. The van der Waals surface area contributed by atoms with E-state index in [9.17, 15) is 8.78 Å². The third-order valence-corrected chi connectivity index (χ3v) is 2.67. The van der Waals surface area contributed by atoms with Gasteiger partial charge in [-0.2, -0.15) is 0 Å². The van der Waals surface area contributed by atoms with Crippen molar-refractivity contribution in [1.82, 2.24) is 10.4 Å². The van der Waals surface area contributed by atoms with Gasteiger partial charge in [-0.15, -0.1) is 0 Å². The van der Waals surface area contributed by atoms with Gasteiger partial charge in [0.1, 0.15) is 11.6 Å². The smallest absolute Gasteiger partial charge is 0.131 e. The second-order valence-electron chi connectivity index (χ2n) is 4.02. The van der Waals surface area contributed by atoms with Crippen LogP contribution in [0.15, 0.2) is 36.5 Å². The molecule has 1 heterocycles. The Kier molecular flexibility index (Phi) is 3.64. The van der Waals surface area contributed by atoms with Crippen LogP contribution in [0, 0.1) is 18.6 Å². The molecule has 0 spiro atoms. The maximum absolute atomic E-state index is 13.7. The maximum atomic E-state index is 13.7. The zero-order valence-corrected chi connectivity index (χ0v) is 9.82. The van der Waals surface area contributed by atoms with Gasteiger partial charge in [-0.1, -0.05) is 6.07 Å². The van der Waals surface area contributed by atoms with E-state index >= 15 is 0 Å². The standard InChI is InChI=1S/C13H13F2N3/c1-8-4-5-17-12(6-8)13(18-16)10-3-2-9(14)7-11(10)15/h2-7,13,18H,16H2,1H3. The van der Waals surface area contributed by atoms with Crippen molar-refractivity contribution in [1.29, 1.82) is 0 Å². The average molecular weight is 249 g/mol. The van der Waals surface area contributed by atoms with Crippen LogP contribution in [0.3, 0.4) is 0 Å². The first kappa shape index (κ1) is 12.6. The van der Waals surface area contributed by atoms with Gasteiger partial charge in [-0.3, -0.25) is 10.8 Å². The number of pyridine rings is 1. The molecule has 0 amide bonds. The third-order valence-electron chi connectivity index (χ3n) is 2.67. The van der Waals surface area contributed by atoms with E-state index in [1.165, 1.54) is 12.1 Å². The summed E-state index contributed by atoms with van der Waals surface area (Å²) in [4.78, 5) is 4.15. The summed E-state index contributed by atoms with van der Waals surface area (Å²) >= 11 is 0. The van der Waals surface area contributed by atoms with Gasteiger partial charge in [0.2, 0.25) is 0 Å². The van der Waals surface area contributed by atoms with Crippen molar-refractivity contribution in [3.05, 3.63) is 65.0 Å². The first-order valence-corrected chi connectivity index (χ1v) is 5.45. The fraction of sp³-hybridized carbons (Fsp3) is 0.154. The van der Waals surface area contributed by atoms with Crippen molar-refractivity contribution in [2.24, 2.45) is 5.84 Å². The lowest BCUT2D eigenvalue weighted by Gasteiger charge is -2.17. The molecule has 0 aliphatic heterocycles. The number of rotatable bonds is 3. The fourth-order valence-electron chi connectivity index (χ4n) is 1.79. The number of hydrazine groups is 1. The molecule has 94 valence electrons. The number of halogens is 2. The Morgan fingerprint density at radius 1 is 1.22 bits per heavy atom. The van der Waals surface area contributed by atoms with E-state index in [-0.39, 0.29) is 5.56 Å². The van der Waals surface area contributed by atoms with Crippen molar-refractivity contribution in [2.45, 2.75) is 13.0 Å². The van der Waals surface area contributed by atoms with E-state index in [4.69, 9.17) is 5.84 Å². The molecule has 0 aliphatic rings. The lowest BCUT2D eigenvalue weighted by atomic mass is 10.0. The molecule has 0 saturated heterocycles. The Morgan fingerprint density at radius 2 is 2.00 bits per heavy atom. The fourth-order valence-corrected chi connectivity index (χ4v) is 1.79. The van der Waals surface area contributed by atoms with Gasteiger partial charge in [0.15, 0.2) is 0 Å². The molecule has 5 heteroatoms. The molecule has 1 unspecified atom stereocenters. The SMILES string of the molecule is Cc1ccnc(C(NN)c2ccc(F)cc2F)c1. The van der Waals surface area contributed by atoms with Crippen molar-refractivity contribution in [3.8, 4) is 0 Å². The molecule has 3 N–H and O–H groups in total. The molecule has 1 aromatic heterocycles. The van der Waals surface area contributed by atoms with E-state index in [1.54, 1.807) is 12.3 Å². The van der Waals surface area contributed by atoms with E-state index in [2.05, 4.69) is 10.4 Å². The lowest BCUT2D eigenvalue weighted by molar-refractivity contribution is 0.536. The zero-order valence-electron chi connectivity index (χ0n) is 9.82. The van der Waals surface area contributed by atoms with Crippen LogP contribution in [-0.4, -0.2) is 4.98 Å². The second-order valence-corrected chi connectivity index (χ2v) is 4.02. The summed E-state index contributed by atoms with van der Waals surface area (Å²) in [6.07, 6.45) is 1.62. The van der Waals surface area contributed by atoms with Crippen molar-refractivity contribution in [2.75, 3.05) is 0 Å². The number of benzene rings is 1. The van der Waals surface area contributed by atoms with Crippen LogP contribution >= 0.6 is 0 Å². The number of nitrogens with zero attached hydrogens (tertiary/aromatic N) is 1. The highest BCUT2D eigenvalue weighted by molar-refractivity contribution is 5.30. The van der Waals surface area contributed by atoms with Gasteiger partial charge in [0, 0.05) is 17.8 Å². The van der Waals surface area contributed by atoms with Gasteiger partial charge in [0.25, 0.3) is 0 Å². The minimum Gasteiger partial charge on any atom is -0.271 e. The largest absolute Gasteiger partial charge is 0.271 e. The van der Waals surface area contributed by atoms with Crippen LogP contribution in [0.1, 0.15) is 22.9 Å². The minimum atomic E-state index is -0.652. The number of aromatic nitrogens is 1. The summed E-state index contributed by atoms with van der Waals surface area (Å²) < 4.78 is 26.6. The van der Waals surface area contributed by atoms with E-state index in [1.807, 2.05) is 13.0 Å². The summed E-state index contributed by atoms with van der Waals surface area (Å²) in [7, 11) is 0. The van der Waals surface area contributed by atoms with E-state index in [0.29, 0.717) is 5.69 Å². The molecule has 0 radical (unpaired) electrons. The Labute approximate surface area is 104 Å². The molecule has 0 bridgehead atoms. The van der Waals surface area contributed by atoms with Crippen LogP contribution in [0.4, 0.5) is 8.78 Å². The van der Waals surface area contributed by atoms with E-state index < -0.39 is 17.7 Å². The lowest BCUT2D eigenvalue weighted by Crippen LogP contribution is -2.30. The quantitative estimate of drug-likeness (QED) is 0.647. The van der Waals surface area contributed by atoms with Crippen LogP contribution < -0.4 is 11.3 Å². The molecule has 0 saturated carbocycles. The van der Waals surface area contributed by atoms with Crippen molar-refractivity contribution >= 4 is 0 Å². The topological polar surface area (TPSA) is 50.9 Å². The summed E-state index contributed by atoms with van der Waals surface area (Å²) in [5.41, 5.74) is 4.33. The van der Waals surface area contributed by atoms with Gasteiger partial charge in [-0.05, 0) is 30.7 Å². The maximum Gasteiger partial charge on any atom is 0.131 e. The number of hydrogen-bond donors (Lipinski definition) is 2. The van der Waals surface area contributed by atoms with Gasteiger partial charge in [0.05, 0.1) is 11.7 Å². The van der Waals surface area contributed by atoms with E-state index in [0.717, 1.165) is 11.6 Å². The molecular weight excluding hydrogens is 236 g/mol. The first-order chi connectivity index (χ1) is 8.61. The van der Waals surface area contributed by atoms with Crippen LogP contribution in [0.2, 0.25) is 0 Å². The number of nitrogens with one attached hydrogen (secondary N) is 1. The molecule has 2 aromatic rings. The Hall–Kier alpha value is -1.85. The highest BCUT2D eigenvalue weighted by atomic mass is 19.1. The average Bonchev–Trinajstić information content (AvgIpc) is 2.33. The van der Waals surface area contributed by atoms with Gasteiger partial charge < -0.3 is 0 Å². The number of aryl methyl sites for hydroxylation is 1. The summed E-state index contributed by atoms with van der Waals surface area (Å²) in [5.74, 6) is 4.17. The Balaban J connectivity index is 2.45. The van der Waals surface area contributed by atoms with Crippen molar-refractivity contribution in [3.63, 3.8) is 0 Å². The third kappa shape index (κ3) is 2.52. The summed E-state index contributed by atoms with van der Waals surface area (Å²) in [6.45, 7) is 1.90. The van der Waals surface area contributed by atoms with Crippen LogP contribution in [0.5, 0.6) is 0 Å². The monoisotopic (exact) mass is 249 g/mol. The molecule has 1 aromatic carbocycles. The first-order valence-electron chi connectivity index (χ1n) is 5.45. The van der Waals surface area contributed by atoms with Gasteiger partial charge in [-0.25, -0.2) is 14.2 Å². The number of hydrogen-bond acceptors (Lipinski definition) is 3. The molecule has 1 atom stereocenters. The predicted molar refractivity (Wildman–Crippen MR) is 64.5 cm³/mol. The molecule has 2 rings (SSSR count). The molecule has 0 fully saturated rings. The highest BCUT2D eigenvalue weighted by Crippen LogP contribution is 2.23. The minimum absolute atomic E-state index is 0.261. The summed E-state index contributed by atoms with van der Waals surface area (Å²) in [6, 6.07) is 6.41. The van der Waals surface area contributed by atoms with Crippen molar-refractivity contribution < 1.29 is 8.78 Å². The Bertz CT molecular complexity index is 558.